The SMILES string of the molecule is CCCNc1ccc(O)c2c1C(=O)c1c(O)ccc(NCCNC(=O)C(CCCCNC(C)=O)NC(=O)OC(C)(C)C)c1C2=O. The van der Waals surface area contributed by atoms with Gasteiger partial charge in [0.15, 0.2) is 0 Å². The molecule has 0 radical (unpaired) electrons. The highest BCUT2D eigenvalue weighted by Gasteiger charge is 2.38. The van der Waals surface area contributed by atoms with Gasteiger partial charge in [-0.05, 0) is 70.7 Å². The molecule has 1 aliphatic carbocycles. The van der Waals surface area contributed by atoms with E-state index < -0.39 is 35.2 Å². The number of anilines is 2. The van der Waals surface area contributed by atoms with Gasteiger partial charge >= 0.3 is 6.09 Å². The van der Waals surface area contributed by atoms with Crippen LogP contribution in [0.4, 0.5) is 16.2 Å². The first-order chi connectivity index (χ1) is 21.2. The van der Waals surface area contributed by atoms with Crippen molar-refractivity contribution in [3.8, 4) is 11.5 Å². The van der Waals surface area contributed by atoms with Crippen LogP contribution >= 0.6 is 0 Å². The number of rotatable bonds is 14. The Bertz CT molecular complexity index is 1450. The number of hydrogen-bond acceptors (Lipinski definition) is 10. The lowest BCUT2D eigenvalue weighted by atomic mass is 9.81. The summed E-state index contributed by atoms with van der Waals surface area (Å²) in [6.07, 6.45) is 1.48. The van der Waals surface area contributed by atoms with Gasteiger partial charge in [-0.1, -0.05) is 6.92 Å². The molecule has 1 unspecified atom stereocenters. The molecule has 1 atom stereocenters. The second-order valence-corrected chi connectivity index (χ2v) is 11.7. The standard InChI is InChI=1S/C32H43N5O8/c1-6-14-34-19-10-12-22(39)26-24(19)28(41)27-23(40)13-11-20(25(27)29(26)42)35-16-17-36-30(43)21(9-7-8-15-33-18(2)38)37-31(44)45-32(3,4)5/h10-13,21,34-35,39-40H,6-9,14-17H2,1-5H3,(H,33,38)(H,36,43)(H,37,44). The maximum atomic E-state index is 13.7. The van der Waals surface area contributed by atoms with E-state index in [0.29, 0.717) is 38.0 Å². The summed E-state index contributed by atoms with van der Waals surface area (Å²) in [7, 11) is 0. The van der Waals surface area contributed by atoms with Crippen LogP contribution in [0, 0.1) is 0 Å². The number of amides is 3. The van der Waals surface area contributed by atoms with Crippen molar-refractivity contribution in [2.45, 2.75) is 71.9 Å². The molecule has 0 fully saturated rings. The number of hydrogen-bond donors (Lipinski definition) is 7. The molecule has 0 heterocycles. The fraction of sp³-hybridized carbons (Fsp3) is 0.469. The van der Waals surface area contributed by atoms with Crippen LogP contribution in [-0.4, -0.2) is 77.5 Å². The molecule has 2 aromatic carbocycles. The lowest BCUT2D eigenvalue weighted by Gasteiger charge is -2.25. The van der Waals surface area contributed by atoms with E-state index in [9.17, 15) is 34.2 Å². The summed E-state index contributed by atoms with van der Waals surface area (Å²) in [5.41, 5.74) is -0.523. The van der Waals surface area contributed by atoms with Gasteiger partial charge in [0.05, 0.1) is 22.3 Å². The number of ketones is 2. The number of nitrogens with one attached hydrogen (secondary N) is 5. The van der Waals surface area contributed by atoms with Crippen LogP contribution in [0.5, 0.6) is 11.5 Å². The van der Waals surface area contributed by atoms with Crippen LogP contribution in [-0.2, 0) is 14.3 Å². The van der Waals surface area contributed by atoms with Crippen molar-refractivity contribution in [3.05, 3.63) is 46.5 Å². The van der Waals surface area contributed by atoms with E-state index in [0.717, 1.165) is 6.42 Å². The Morgan fingerprint density at radius 2 is 1.33 bits per heavy atom. The van der Waals surface area contributed by atoms with E-state index >= 15 is 0 Å². The highest BCUT2D eigenvalue weighted by molar-refractivity contribution is 6.33. The summed E-state index contributed by atoms with van der Waals surface area (Å²) in [5, 5.41) is 35.3. The smallest absolute Gasteiger partial charge is 0.408 e. The summed E-state index contributed by atoms with van der Waals surface area (Å²) in [6, 6.07) is 4.73. The molecule has 13 nitrogen and oxygen atoms in total. The van der Waals surface area contributed by atoms with Gasteiger partial charge in [-0.15, -0.1) is 0 Å². The molecule has 3 rings (SSSR count). The third kappa shape index (κ3) is 9.10. The molecular weight excluding hydrogens is 582 g/mol. The minimum atomic E-state index is -0.896. The van der Waals surface area contributed by atoms with E-state index in [-0.39, 0.29) is 58.4 Å². The zero-order valence-electron chi connectivity index (χ0n) is 26.4. The number of phenols is 2. The third-order valence-corrected chi connectivity index (χ3v) is 6.88. The Kier molecular flexibility index (Phi) is 11.8. The van der Waals surface area contributed by atoms with Crippen LogP contribution in [0.1, 0.15) is 92.1 Å². The van der Waals surface area contributed by atoms with Crippen molar-refractivity contribution in [2.75, 3.05) is 36.8 Å². The molecule has 244 valence electrons. The second kappa shape index (κ2) is 15.3. The first-order valence-corrected chi connectivity index (χ1v) is 15.1. The third-order valence-electron chi connectivity index (χ3n) is 6.88. The molecule has 2 aromatic rings. The number of carbonyl (C=O) groups excluding carboxylic acids is 5. The van der Waals surface area contributed by atoms with Crippen molar-refractivity contribution in [1.82, 2.24) is 16.0 Å². The monoisotopic (exact) mass is 625 g/mol. The highest BCUT2D eigenvalue weighted by atomic mass is 16.6. The molecule has 0 spiro atoms. The van der Waals surface area contributed by atoms with Gasteiger partial charge in [0.25, 0.3) is 0 Å². The lowest BCUT2D eigenvalue weighted by Crippen LogP contribution is -2.49. The van der Waals surface area contributed by atoms with Crippen molar-refractivity contribution in [2.24, 2.45) is 0 Å². The molecule has 0 saturated heterocycles. The molecule has 7 N–H and O–H groups in total. The summed E-state index contributed by atoms with van der Waals surface area (Å²) < 4.78 is 5.30. The predicted octanol–water partition coefficient (Wildman–Crippen LogP) is 3.42. The quantitative estimate of drug-likeness (QED) is 0.103. The molecule has 0 saturated carbocycles. The Labute approximate surface area is 262 Å². The van der Waals surface area contributed by atoms with Gasteiger partial charge in [0.1, 0.15) is 23.1 Å². The number of alkyl carbamates (subject to hydrolysis) is 1. The van der Waals surface area contributed by atoms with Gasteiger partial charge in [0, 0.05) is 44.5 Å². The number of carbonyl (C=O) groups is 5. The van der Waals surface area contributed by atoms with E-state index in [1.54, 1.807) is 20.8 Å². The van der Waals surface area contributed by atoms with Crippen molar-refractivity contribution in [1.29, 1.82) is 0 Å². The van der Waals surface area contributed by atoms with Crippen LogP contribution in [0.2, 0.25) is 0 Å². The van der Waals surface area contributed by atoms with Gasteiger partial charge in [-0.25, -0.2) is 4.79 Å². The molecule has 13 heteroatoms. The van der Waals surface area contributed by atoms with Crippen molar-refractivity contribution >= 4 is 40.8 Å². The van der Waals surface area contributed by atoms with Crippen LogP contribution in [0.15, 0.2) is 24.3 Å². The molecule has 1 aliphatic rings. The van der Waals surface area contributed by atoms with Gasteiger partial charge < -0.3 is 41.5 Å². The molecule has 0 aliphatic heterocycles. The first-order valence-electron chi connectivity index (χ1n) is 15.1. The van der Waals surface area contributed by atoms with Gasteiger partial charge in [-0.2, -0.15) is 0 Å². The van der Waals surface area contributed by atoms with Gasteiger partial charge in [-0.3, -0.25) is 19.2 Å². The predicted molar refractivity (Wildman–Crippen MR) is 169 cm³/mol. The Morgan fingerprint density at radius 3 is 1.84 bits per heavy atom. The number of phenolic OH excluding ortho intramolecular Hbond substituents is 2. The fourth-order valence-electron chi connectivity index (χ4n) is 4.88. The molecule has 45 heavy (non-hydrogen) atoms. The number of unbranched alkanes of at least 4 members (excludes halogenated alkanes) is 1. The minimum absolute atomic E-state index is 0.00117. The molecular formula is C32H43N5O8. The lowest BCUT2D eigenvalue weighted by molar-refractivity contribution is -0.123. The molecule has 0 aromatic heterocycles. The van der Waals surface area contributed by atoms with E-state index in [2.05, 4.69) is 26.6 Å². The van der Waals surface area contributed by atoms with Crippen LogP contribution in [0.3, 0.4) is 0 Å². The van der Waals surface area contributed by atoms with Gasteiger partial charge in [0.2, 0.25) is 23.4 Å². The van der Waals surface area contributed by atoms with E-state index in [1.807, 2.05) is 6.92 Å². The minimum Gasteiger partial charge on any atom is -0.507 e. The summed E-state index contributed by atoms with van der Waals surface area (Å²) >= 11 is 0. The first kappa shape index (κ1) is 34.7. The van der Waals surface area contributed by atoms with Crippen molar-refractivity contribution < 1.29 is 38.9 Å². The highest BCUT2D eigenvalue weighted by Crippen LogP contribution is 2.42. The van der Waals surface area contributed by atoms with Crippen LogP contribution in [0.25, 0.3) is 0 Å². The maximum absolute atomic E-state index is 13.7. The zero-order valence-corrected chi connectivity index (χ0v) is 26.4. The largest absolute Gasteiger partial charge is 0.507 e. The maximum Gasteiger partial charge on any atom is 0.408 e. The number of fused-ring (bicyclic) bond motifs is 2. The molecule has 0 bridgehead atoms. The topological polar surface area (TPSA) is 195 Å². The number of aromatic hydroxyl groups is 2. The van der Waals surface area contributed by atoms with Crippen LogP contribution < -0.4 is 26.6 Å². The van der Waals surface area contributed by atoms with E-state index in [1.165, 1.54) is 31.2 Å². The average Bonchev–Trinajstić information content (AvgIpc) is 2.95. The normalized spacial score (nSPS) is 12.8. The number of benzene rings is 2. The summed E-state index contributed by atoms with van der Waals surface area (Å²) in [4.78, 5) is 63.8. The average molecular weight is 626 g/mol. The van der Waals surface area contributed by atoms with Crippen molar-refractivity contribution in [3.63, 3.8) is 0 Å². The number of ether oxygens (including phenoxy) is 1. The molecule has 3 amide bonds. The summed E-state index contributed by atoms with van der Waals surface area (Å²) in [5.74, 6) is -2.55. The fourth-order valence-corrected chi connectivity index (χ4v) is 4.88. The van der Waals surface area contributed by atoms with E-state index in [4.69, 9.17) is 4.74 Å². The Hall–Kier alpha value is -4.81. The second-order valence-electron chi connectivity index (χ2n) is 11.7. The zero-order chi connectivity index (χ0) is 33.3. The Morgan fingerprint density at radius 1 is 0.778 bits per heavy atom. The summed E-state index contributed by atoms with van der Waals surface area (Å²) in [6.45, 7) is 9.69. The Balaban J connectivity index is 1.71.